The van der Waals surface area contributed by atoms with Crippen LogP contribution in [0.1, 0.15) is 31.2 Å². The van der Waals surface area contributed by atoms with E-state index in [-0.39, 0.29) is 37.4 Å². The topological polar surface area (TPSA) is 90.4 Å². The van der Waals surface area contributed by atoms with Crippen molar-refractivity contribution >= 4 is 34.1 Å². The van der Waals surface area contributed by atoms with Gasteiger partial charge in [-0.25, -0.2) is 0 Å². The first kappa shape index (κ1) is 20.4. The highest BCUT2D eigenvalue weighted by atomic mass is 32.1. The first-order valence-electron chi connectivity index (χ1n) is 9.69. The van der Waals surface area contributed by atoms with Crippen molar-refractivity contribution in [2.45, 2.75) is 13.0 Å². The number of fused-ring (bicyclic) bond motifs is 3. The van der Waals surface area contributed by atoms with Gasteiger partial charge in [0.2, 0.25) is 5.91 Å². The second-order valence-corrected chi connectivity index (χ2v) is 8.41. The van der Waals surface area contributed by atoms with Crippen LogP contribution in [0.5, 0.6) is 5.75 Å². The largest absolute Gasteiger partial charge is 0.497 e. The fourth-order valence-electron chi connectivity index (χ4n) is 3.90. The molecule has 1 N–H and O–H groups in total. The fourth-order valence-corrected chi connectivity index (χ4v) is 5.30. The van der Waals surface area contributed by atoms with Crippen LogP contribution in [0.3, 0.4) is 0 Å². The van der Waals surface area contributed by atoms with Gasteiger partial charge in [-0.1, -0.05) is 6.07 Å². The van der Waals surface area contributed by atoms with Gasteiger partial charge in [0.25, 0.3) is 11.8 Å². The van der Waals surface area contributed by atoms with Crippen molar-refractivity contribution < 1.29 is 24.2 Å². The molecule has 9 heteroatoms. The van der Waals surface area contributed by atoms with Crippen molar-refractivity contribution in [2.24, 2.45) is 0 Å². The maximum absolute atomic E-state index is 13.0. The number of anilines is 1. The van der Waals surface area contributed by atoms with Crippen LogP contribution in [0.25, 0.3) is 0 Å². The van der Waals surface area contributed by atoms with Gasteiger partial charge in [-0.15, -0.1) is 11.3 Å². The van der Waals surface area contributed by atoms with E-state index in [2.05, 4.69) is 0 Å². The number of benzene rings is 1. The molecule has 8 nitrogen and oxygen atoms in total. The fraction of sp³-hybridized carbons (Fsp3) is 0.381. The Bertz CT molecular complexity index is 1020. The van der Waals surface area contributed by atoms with Crippen LogP contribution < -0.4 is 9.64 Å². The average molecular weight is 429 g/mol. The maximum atomic E-state index is 13.0. The number of β-amino-alcohol motifs (C(OH)–C–C–N with tert-alkyl or cyclic N) is 1. The molecule has 1 aromatic heterocycles. The maximum Gasteiger partial charge on any atom is 0.257 e. The molecule has 0 fully saturated rings. The summed E-state index contributed by atoms with van der Waals surface area (Å²) in [5.74, 6) is 0.105. The summed E-state index contributed by atoms with van der Waals surface area (Å²) in [5, 5.41) is 9.99. The number of likely N-dealkylation sites (N-methyl/N-ethyl adjacent to an activating group) is 1. The molecule has 0 bridgehead atoms. The summed E-state index contributed by atoms with van der Waals surface area (Å²) >= 11 is 1.36. The molecule has 0 atom stereocenters. The monoisotopic (exact) mass is 429 g/mol. The summed E-state index contributed by atoms with van der Waals surface area (Å²) in [6, 6.07) is 7.03. The summed E-state index contributed by atoms with van der Waals surface area (Å²) in [5.41, 5.74) is 1.98. The lowest BCUT2D eigenvalue weighted by molar-refractivity contribution is -0.119. The molecule has 3 amide bonds. The van der Waals surface area contributed by atoms with Gasteiger partial charge in [-0.3, -0.25) is 19.3 Å². The second-order valence-electron chi connectivity index (χ2n) is 7.32. The summed E-state index contributed by atoms with van der Waals surface area (Å²) in [7, 11) is 3.17. The molecule has 0 saturated heterocycles. The number of carbonyl (C=O) groups is 3. The van der Waals surface area contributed by atoms with E-state index in [0.717, 1.165) is 10.4 Å². The first-order chi connectivity index (χ1) is 14.4. The lowest BCUT2D eigenvalue weighted by Crippen LogP contribution is -2.39. The number of aliphatic hydroxyl groups is 1. The number of carbonyl (C=O) groups excluding carboxylic acids is 3. The van der Waals surface area contributed by atoms with Crippen LogP contribution in [-0.2, 0) is 17.8 Å². The van der Waals surface area contributed by atoms with Crippen LogP contribution in [0.4, 0.5) is 5.00 Å². The van der Waals surface area contributed by atoms with Crippen molar-refractivity contribution in [1.82, 2.24) is 9.80 Å². The third-order valence-electron chi connectivity index (χ3n) is 5.45. The molecular weight excluding hydrogens is 406 g/mol. The molecule has 158 valence electrons. The van der Waals surface area contributed by atoms with E-state index in [9.17, 15) is 19.5 Å². The van der Waals surface area contributed by atoms with Crippen molar-refractivity contribution in [3.63, 3.8) is 0 Å². The molecule has 4 rings (SSSR count). The van der Waals surface area contributed by atoms with E-state index in [4.69, 9.17) is 4.74 Å². The Morgan fingerprint density at radius 3 is 2.80 bits per heavy atom. The summed E-state index contributed by atoms with van der Waals surface area (Å²) < 4.78 is 5.21. The number of hydrogen-bond donors (Lipinski definition) is 1. The number of aliphatic hydroxyl groups excluding tert-OH is 1. The number of methoxy groups -OCH3 is 1. The standard InChI is InChI=1S/C21H23N3O5S/c1-22-12-17(26)24(8-9-25)21-18(20(22)28)15-6-7-23(11-16(15)30-21)19(27)13-4-3-5-14(10-13)29-2/h3-5,10,25H,6-9,11-12H2,1-2H3. The summed E-state index contributed by atoms with van der Waals surface area (Å²) in [6.45, 7) is 0.790. The molecule has 0 unspecified atom stereocenters. The van der Waals surface area contributed by atoms with E-state index in [1.807, 2.05) is 0 Å². The zero-order chi connectivity index (χ0) is 21.4. The van der Waals surface area contributed by atoms with Gasteiger partial charge in [0, 0.05) is 30.6 Å². The predicted molar refractivity (Wildman–Crippen MR) is 112 cm³/mol. The Balaban J connectivity index is 1.68. The van der Waals surface area contributed by atoms with Crippen molar-refractivity contribution in [1.29, 1.82) is 0 Å². The Kier molecular flexibility index (Phi) is 5.48. The predicted octanol–water partition coefficient (Wildman–Crippen LogP) is 1.37. The van der Waals surface area contributed by atoms with E-state index < -0.39 is 0 Å². The molecule has 2 aliphatic heterocycles. The van der Waals surface area contributed by atoms with Gasteiger partial charge in [0.05, 0.1) is 25.8 Å². The zero-order valence-electron chi connectivity index (χ0n) is 16.9. The van der Waals surface area contributed by atoms with Gasteiger partial charge in [-0.05, 0) is 30.2 Å². The minimum absolute atomic E-state index is 0.0184. The molecule has 1 aromatic carbocycles. The minimum Gasteiger partial charge on any atom is -0.497 e. The van der Waals surface area contributed by atoms with Gasteiger partial charge in [0.1, 0.15) is 17.3 Å². The van der Waals surface area contributed by atoms with Gasteiger partial charge >= 0.3 is 0 Å². The third kappa shape index (κ3) is 3.44. The zero-order valence-corrected chi connectivity index (χ0v) is 17.7. The van der Waals surface area contributed by atoms with Crippen molar-refractivity contribution in [3.8, 4) is 5.75 Å². The van der Waals surface area contributed by atoms with Gasteiger partial charge in [0.15, 0.2) is 0 Å². The average Bonchev–Trinajstić information content (AvgIpc) is 3.10. The molecule has 0 saturated carbocycles. The number of thiophene rings is 1. The molecular formula is C21H23N3O5S. The smallest absolute Gasteiger partial charge is 0.257 e. The van der Waals surface area contributed by atoms with Gasteiger partial charge in [-0.2, -0.15) is 0 Å². The molecule has 30 heavy (non-hydrogen) atoms. The van der Waals surface area contributed by atoms with Gasteiger partial charge < -0.3 is 19.6 Å². The molecule has 2 aromatic rings. The van der Waals surface area contributed by atoms with Crippen LogP contribution in [0.15, 0.2) is 24.3 Å². The highest BCUT2D eigenvalue weighted by Crippen LogP contribution is 2.41. The minimum atomic E-state index is -0.221. The first-order valence-corrected chi connectivity index (χ1v) is 10.5. The van der Waals surface area contributed by atoms with Crippen LogP contribution in [0.2, 0.25) is 0 Å². The highest BCUT2D eigenvalue weighted by Gasteiger charge is 2.37. The summed E-state index contributed by atoms with van der Waals surface area (Å²) in [4.78, 5) is 44.2. The number of amides is 3. The molecule has 0 spiro atoms. The van der Waals surface area contributed by atoms with Crippen LogP contribution in [0, 0.1) is 0 Å². The van der Waals surface area contributed by atoms with Crippen LogP contribution in [-0.4, -0.2) is 73.0 Å². The highest BCUT2D eigenvalue weighted by molar-refractivity contribution is 7.17. The Labute approximate surface area is 178 Å². The lowest BCUT2D eigenvalue weighted by atomic mass is 10.0. The van der Waals surface area contributed by atoms with E-state index in [1.165, 1.54) is 21.1 Å². The van der Waals surface area contributed by atoms with E-state index in [1.54, 1.807) is 43.3 Å². The lowest BCUT2D eigenvalue weighted by Gasteiger charge is -2.27. The number of rotatable bonds is 4. The quantitative estimate of drug-likeness (QED) is 0.793. The van der Waals surface area contributed by atoms with E-state index in [0.29, 0.717) is 41.4 Å². The molecule has 0 aliphatic carbocycles. The molecule has 0 radical (unpaired) electrons. The number of ether oxygens (including phenoxy) is 1. The Morgan fingerprint density at radius 2 is 2.07 bits per heavy atom. The third-order valence-corrected chi connectivity index (χ3v) is 6.68. The van der Waals surface area contributed by atoms with Crippen molar-refractivity contribution in [3.05, 3.63) is 45.8 Å². The SMILES string of the molecule is COc1cccc(C(=O)N2CCc3c(sc4c3C(=O)N(C)CC(=O)N4CCO)C2)c1. The Hall–Kier alpha value is -2.91. The van der Waals surface area contributed by atoms with Crippen LogP contribution >= 0.6 is 11.3 Å². The number of hydrogen-bond acceptors (Lipinski definition) is 6. The number of nitrogens with zero attached hydrogens (tertiary/aromatic N) is 3. The second kappa shape index (κ2) is 8.08. The van der Waals surface area contributed by atoms with E-state index >= 15 is 0 Å². The molecule has 2 aliphatic rings. The summed E-state index contributed by atoms with van der Waals surface area (Å²) in [6.07, 6.45) is 0.539. The normalized spacial score (nSPS) is 16.3. The Morgan fingerprint density at radius 1 is 1.27 bits per heavy atom. The molecule has 3 heterocycles. The van der Waals surface area contributed by atoms with Crippen molar-refractivity contribution in [2.75, 3.05) is 45.3 Å².